The first-order valence-electron chi connectivity index (χ1n) is 6.89. The van der Waals surface area contributed by atoms with Crippen molar-refractivity contribution in [1.29, 1.82) is 5.26 Å². The second kappa shape index (κ2) is 5.63. The van der Waals surface area contributed by atoms with Crippen molar-refractivity contribution in [3.8, 4) is 6.07 Å². The summed E-state index contributed by atoms with van der Waals surface area (Å²) in [5.74, 6) is 0.900. The summed E-state index contributed by atoms with van der Waals surface area (Å²) in [6.07, 6.45) is 9.75. The minimum absolute atomic E-state index is 0.0865. The van der Waals surface area contributed by atoms with Crippen molar-refractivity contribution in [3.63, 3.8) is 0 Å². The number of likely N-dealkylation sites (tertiary alicyclic amines) is 1. The van der Waals surface area contributed by atoms with Crippen molar-refractivity contribution in [2.75, 3.05) is 19.3 Å². The lowest BCUT2D eigenvalue weighted by Gasteiger charge is -2.42. The number of nitriles is 1. The molecule has 2 rings (SSSR count). The van der Waals surface area contributed by atoms with E-state index in [1.807, 2.05) is 0 Å². The fraction of sp³-hybridized carbons (Fsp3) is 0.929. The minimum atomic E-state index is -0.0865. The second-order valence-corrected chi connectivity index (χ2v) is 6.96. The molecular formula is C14H24N2S. The molecule has 0 amide bonds. The number of hydrogen-bond acceptors (Lipinski definition) is 3. The maximum atomic E-state index is 9.29. The number of hydrogen-bond donors (Lipinski definition) is 0. The van der Waals surface area contributed by atoms with Gasteiger partial charge in [-0.15, -0.1) is 11.8 Å². The lowest BCUT2D eigenvalue weighted by atomic mass is 9.84. The molecule has 2 unspecified atom stereocenters. The molecule has 0 radical (unpaired) electrons. The van der Waals surface area contributed by atoms with Gasteiger partial charge in [-0.05, 0) is 37.9 Å². The quantitative estimate of drug-likeness (QED) is 0.754. The predicted molar refractivity (Wildman–Crippen MR) is 74.1 cm³/mol. The van der Waals surface area contributed by atoms with Gasteiger partial charge in [0.15, 0.2) is 0 Å². The van der Waals surface area contributed by atoms with Crippen molar-refractivity contribution < 1.29 is 0 Å². The van der Waals surface area contributed by atoms with Gasteiger partial charge in [0.1, 0.15) is 4.75 Å². The summed E-state index contributed by atoms with van der Waals surface area (Å²) in [5, 5.41) is 9.29. The summed E-state index contributed by atoms with van der Waals surface area (Å²) < 4.78 is -0.0865. The van der Waals surface area contributed by atoms with E-state index in [9.17, 15) is 5.26 Å². The lowest BCUT2D eigenvalue weighted by Crippen LogP contribution is -2.47. The summed E-state index contributed by atoms with van der Waals surface area (Å²) in [5.41, 5.74) is 0. The fourth-order valence-electron chi connectivity index (χ4n) is 3.35. The standard InChI is InChI=1S/C14H24N2S/c1-12-4-3-5-13(10-12)16-8-6-14(11-15,17-2)7-9-16/h12-13H,3-10H2,1-2H3. The molecule has 0 bridgehead atoms. The first kappa shape index (κ1) is 13.2. The van der Waals surface area contributed by atoms with E-state index >= 15 is 0 Å². The molecule has 1 saturated carbocycles. The highest BCUT2D eigenvalue weighted by atomic mass is 32.2. The summed E-state index contributed by atoms with van der Waals surface area (Å²) >= 11 is 1.75. The number of rotatable bonds is 2. The number of nitrogens with zero attached hydrogens (tertiary/aromatic N) is 2. The number of thioether (sulfide) groups is 1. The highest BCUT2D eigenvalue weighted by molar-refractivity contribution is 8.00. The molecule has 17 heavy (non-hydrogen) atoms. The van der Waals surface area contributed by atoms with Crippen molar-refractivity contribution in [2.24, 2.45) is 5.92 Å². The van der Waals surface area contributed by atoms with E-state index in [1.54, 1.807) is 11.8 Å². The molecule has 0 N–H and O–H groups in total. The molecule has 2 aliphatic rings. The minimum Gasteiger partial charge on any atom is -0.300 e. The Morgan fingerprint density at radius 2 is 2.00 bits per heavy atom. The van der Waals surface area contributed by atoms with E-state index in [2.05, 4.69) is 24.1 Å². The third-order valence-corrected chi connectivity index (χ3v) is 5.91. The Balaban J connectivity index is 1.88. The molecule has 0 aromatic carbocycles. The molecule has 2 nitrogen and oxygen atoms in total. The van der Waals surface area contributed by atoms with Gasteiger partial charge in [-0.1, -0.05) is 19.8 Å². The SMILES string of the molecule is CSC1(C#N)CCN(C2CCCC(C)C2)CC1. The molecule has 1 heterocycles. The van der Waals surface area contributed by atoms with Gasteiger partial charge in [0.25, 0.3) is 0 Å². The van der Waals surface area contributed by atoms with Crippen molar-refractivity contribution >= 4 is 11.8 Å². The Kier molecular flexibility index (Phi) is 4.38. The third-order valence-electron chi connectivity index (χ3n) is 4.63. The molecule has 2 atom stereocenters. The maximum Gasteiger partial charge on any atom is 0.104 e. The monoisotopic (exact) mass is 252 g/mol. The Labute approximate surface area is 110 Å². The topological polar surface area (TPSA) is 27.0 Å². The van der Waals surface area contributed by atoms with Crippen LogP contribution in [-0.2, 0) is 0 Å². The van der Waals surface area contributed by atoms with Crippen LogP contribution < -0.4 is 0 Å². The van der Waals surface area contributed by atoms with Gasteiger partial charge in [-0.2, -0.15) is 5.26 Å². The zero-order valence-electron chi connectivity index (χ0n) is 11.1. The van der Waals surface area contributed by atoms with Crippen LogP contribution >= 0.6 is 11.8 Å². The fourth-order valence-corrected chi connectivity index (χ4v) is 4.03. The second-order valence-electron chi connectivity index (χ2n) is 5.77. The average Bonchev–Trinajstić information content (AvgIpc) is 2.39. The van der Waals surface area contributed by atoms with Gasteiger partial charge in [-0.3, -0.25) is 0 Å². The van der Waals surface area contributed by atoms with Crippen LogP contribution in [0.2, 0.25) is 0 Å². The van der Waals surface area contributed by atoms with E-state index in [0.29, 0.717) is 0 Å². The normalized spacial score (nSPS) is 34.2. The molecule has 1 saturated heterocycles. The predicted octanol–water partition coefficient (Wildman–Crippen LogP) is 3.29. The average molecular weight is 252 g/mol. The van der Waals surface area contributed by atoms with Crippen LogP contribution in [0.1, 0.15) is 45.4 Å². The van der Waals surface area contributed by atoms with Crippen LogP contribution in [0.3, 0.4) is 0 Å². The van der Waals surface area contributed by atoms with Crippen LogP contribution in [-0.4, -0.2) is 35.0 Å². The van der Waals surface area contributed by atoms with E-state index in [-0.39, 0.29) is 4.75 Å². The first-order valence-corrected chi connectivity index (χ1v) is 8.12. The zero-order valence-corrected chi connectivity index (χ0v) is 11.9. The molecule has 2 fully saturated rings. The van der Waals surface area contributed by atoms with Crippen LogP contribution in [0.4, 0.5) is 0 Å². The summed E-state index contributed by atoms with van der Waals surface area (Å²) in [6, 6.07) is 3.34. The molecular weight excluding hydrogens is 228 g/mol. The molecule has 0 aromatic rings. The molecule has 96 valence electrons. The van der Waals surface area contributed by atoms with E-state index < -0.39 is 0 Å². The summed E-state index contributed by atoms with van der Waals surface area (Å²) in [6.45, 7) is 4.65. The highest BCUT2D eigenvalue weighted by Crippen LogP contribution is 2.36. The van der Waals surface area contributed by atoms with Crippen LogP contribution in [0.5, 0.6) is 0 Å². The van der Waals surface area contributed by atoms with E-state index in [1.165, 1.54) is 25.7 Å². The van der Waals surface area contributed by atoms with Gasteiger partial charge >= 0.3 is 0 Å². The summed E-state index contributed by atoms with van der Waals surface area (Å²) in [4.78, 5) is 2.65. The van der Waals surface area contributed by atoms with Crippen LogP contribution in [0, 0.1) is 17.2 Å². The maximum absolute atomic E-state index is 9.29. The van der Waals surface area contributed by atoms with Gasteiger partial charge in [0.05, 0.1) is 6.07 Å². The smallest absolute Gasteiger partial charge is 0.104 e. The molecule has 1 aliphatic heterocycles. The van der Waals surface area contributed by atoms with Crippen molar-refractivity contribution in [2.45, 2.75) is 56.2 Å². The van der Waals surface area contributed by atoms with Gasteiger partial charge in [-0.25, -0.2) is 0 Å². The Morgan fingerprint density at radius 1 is 1.29 bits per heavy atom. The summed E-state index contributed by atoms with van der Waals surface area (Å²) in [7, 11) is 0. The van der Waals surface area contributed by atoms with Crippen molar-refractivity contribution in [1.82, 2.24) is 4.90 Å². The third kappa shape index (κ3) is 2.98. The molecule has 1 aliphatic carbocycles. The van der Waals surface area contributed by atoms with Gasteiger partial charge in [0, 0.05) is 19.1 Å². The molecule has 3 heteroatoms. The Morgan fingerprint density at radius 3 is 2.53 bits per heavy atom. The van der Waals surface area contributed by atoms with Crippen LogP contribution in [0.25, 0.3) is 0 Å². The van der Waals surface area contributed by atoms with Crippen LogP contribution in [0.15, 0.2) is 0 Å². The lowest BCUT2D eigenvalue weighted by molar-refractivity contribution is 0.108. The molecule has 0 spiro atoms. The van der Waals surface area contributed by atoms with Gasteiger partial charge in [0.2, 0.25) is 0 Å². The largest absolute Gasteiger partial charge is 0.300 e. The number of piperidine rings is 1. The van der Waals surface area contributed by atoms with E-state index in [0.717, 1.165) is 37.9 Å². The van der Waals surface area contributed by atoms with Gasteiger partial charge < -0.3 is 4.90 Å². The first-order chi connectivity index (χ1) is 8.19. The zero-order chi connectivity index (χ0) is 12.3. The Hall–Kier alpha value is -0.200. The highest BCUT2D eigenvalue weighted by Gasteiger charge is 2.36. The molecule has 0 aromatic heterocycles. The Bertz CT molecular complexity index is 289. The van der Waals surface area contributed by atoms with E-state index in [4.69, 9.17) is 0 Å². The van der Waals surface area contributed by atoms with Crippen molar-refractivity contribution in [3.05, 3.63) is 0 Å².